The summed E-state index contributed by atoms with van der Waals surface area (Å²) in [5, 5.41) is 7.20. The van der Waals surface area contributed by atoms with E-state index in [4.69, 9.17) is 21.7 Å². The Morgan fingerprint density at radius 1 is 0.963 bits per heavy atom. The van der Waals surface area contributed by atoms with Crippen molar-refractivity contribution in [2.45, 2.75) is 13.2 Å². The van der Waals surface area contributed by atoms with Crippen molar-refractivity contribution in [3.63, 3.8) is 0 Å². The molecule has 2 N–H and O–H groups in total. The molecule has 1 saturated heterocycles. The fourth-order valence-electron chi connectivity index (χ4n) is 2.84. The summed E-state index contributed by atoms with van der Waals surface area (Å²) in [6.45, 7) is 6.76. The van der Waals surface area contributed by atoms with Crippen LogP contribution in [0.15, 0.2) is 54.6 Å². The van der Waals surface area contributed by atoms with E-state index in [-0.39, 0.29) is 0 Å². The van der Waals surface area contributed by atoms with Crippen LogP contribution >= 0.6 is 12.2 Å². The summed E-state index contributed by atoms with van der Waals surface area (Å²) >= 11 is 5.35. The Morgan fingerprint density at radius 2 is 1.70 bits per heavy atom. The van der Waals surface area contributed by atoms with Gasteiger partial charge in [0, 0.05) is 32.7 Å². The number of thiocarbonyl (C=S) groups is 1. The minimum Gasteiger partial charge on any atom is -0.489 e. The summed E-state index contributed by atoms with van der Waals surface area (Å²) in [7, 11) is 0. The van der Waals surface area contributed by atoms with Crippen LogP contribution in [0.5, 0.6) is 5.75 Å². The quantitative estimate of drug-likeness (QED) is 0.681. The fourth-order valence-corrected chi connectivity index (χ4v) is 3.02. The first-order chi connectivity index (χ1) is 13.3. The van der Waals surface area contributed by atoms with Crippen LogP contribution < -0.4 is 15.4 Å². The molecule has 0 spiro atoms. The van der Waals surface area contributed by atoms with E-state index >= 15 is 0 Å². The summed E-state index contributed by atoms with van der Waals surface area (Å²) in [5.41, 5.74) is 2.33. The van der Waals surface area contributed by atoms with E-state index in [9.17, 15) is 0 Å². The molecule has 0 aliphatic carbocycles. The van der Waals surface area contributed by atoms with Gasteiger partial charge in [0.2, 0.25) is 0 Å². The topological polar surface area (TPSA) is 45.8 Å². The molecular weight excluding hydrogens is 358 g/mol. The standard InChI is InChI=1S/C21H27N3O2S/c27-21(22-10-11-24-12-14-25-15-13-24)23-16-18-6-8-20(9-7-18)26-17-19-4-2-1-3-5-19/h1-9H,10-17H2,(H2,22,23,27). The number of hydrogen-bond acceptors (Lipinski definition) is 4. The molecule has 5 nitrogen and oxygen atoms in total. The van der Waals surface area contributed by atoms with Gasteiger partial charge in [-0.05, 0) is 35.5 Å². The molecule has 2 aromatic rings. The smallest absolute Gasteiger partial charge is 0.166 e. The minimum atomic E-state index is 0.579. The lowest BCUT2D eigenvalue weighted by atomic mass is 10.2. The zero-order valence-electron chi connectivity index (χ0n) is 15.5. The van der Waals surface area contributed by atoms with Crippen LogP contribution in [0.2, 0.25) is 0 Å². The van der Waals surface area contributed by atoms with Crippen molar-refractivity contribution in [2.24, 2.45) is 0 Å². The Balaban J connectivity index is 1.32. The molecule has 1 heterocycles. The maximum absolute atomic E-state index is 5.81. The van der Waals surface area contributed by atoms with E-state index in [2.05, 4.69) is 39.8 Å². The van der Waals surface area contributed by atoms with Gasteiger partial charge in [0.25, 0.3) is 0 Å². The third-order valence-corrected chi connectivity index (χ3v) is 4.73. The van der Waals surface area contributed by atoms with Crippen LogP contribution in [0.25, 0.3) is 0 Å². The van der Waals surface area contributed by atoms with Crippen molar-refractivity contribution in [1.29, 1.82) is 0 Å². The van der Waals surface area contributed by atoms with E-state index in [0.29, 0.717) is 18.3 Å². The second-order valence-electron chi connectivity index (χ2n) is 6.48. The van der Waals surface area contributed by atoms with Gasteiger partial charge in [0.05, 0.1) is 13.2 Å². The van der Waals surface area contributed by atoms with Gasteiger partial charge in [0.15, 0.2) is 5.11 Å². The summed E-state index contributed by atoms with van der Waals surface area (Å²) in [5.74, 6) is 0.869. The molecule has 144 valence electrons. The molecule has 0 saturated carbocycles. The average Bonchev–Trinajstić information content (AvgIpc) is 2.73. The van der Waals surface area contributed by atoms with Gasteiger partial charge < -0.3 is 20.1 Å². The van der Waals surface area contributed by atoms with Gasteiger partial charge in [-0.25, -0.2) is 0 Å². The molecule has 0 aromatic heterocycles. The second kappa shape index (κ2) is 10.9. The molecule has 6 heteroatoms. The number of benzene rings is 2. The van der Waals surface area contributed by atoms with E-state index in [1.54, 1.807) is 0 Å². The second-order valence-corrected chi connectivity index (χ2v) is 6.89. The SMILES string of the molecule is S=C(NCCN1CCOCC1)NCc1ccc(OCc2ccccc2)cc1. The van der Waals surface area contributed by atoms with Crippen molar-refractivity contribution in [1.82, 2.24) is 15.5 Å². The van der Waals surface area contributed by atoms with Crippen LogP contribution in [0.1, 0.15) is 11.1 Å². The monoisotopic (exact) mass is 385 g/mol. The van der Waals surface area contributed by atoms with Crippen molar-refractivity contribution in [3.05, 3.63) is 65.7 Å². The van der Waals surface area contributed by atoms with E-state index < -0.39 is 0 Å². The van der Waals surface area contributed by atoms with Crippen LogP contribution in [0, 0.1) is 0 Å². The predicted octanol–water partition coefficient (Wildman–Crippen LogP) is 2.56. The Hall–Kier alpha value is -2.15. The van der Waals surface area contributed by atoms with Crippen LogP contribution in [0.4, 0.5) is 0 Å². The highest BCUT2D eigenvalue weighted by molar-refractivity contribution is 7.80. The first-order valence-electron chi connectivity index (χ1n) is 9.37. The lowest BCUT2D eigenvalue weighted by Gasteiger charge is -2.26. The van der Waals surface area contributed by atoms with Crippen molar-refractivity contribution in [3.8, 4) is 5.75 Å². The molecule has 0 radical (unpaired) electrons. The maximum atomic E-state index is 5.81. The number of nitrogens with zero attached hydrogens (tertiary/aromatic N) is 1. The predicted molar refractivity (Wildman–Crippen MR) is 112 cm³/mol. The Kier molecular flexibility index (Phi) is 7.89. The summed E-state index contributed by atoms with van der Waals surface area (Å²) in [6, 6.07) is 18.3. The zero-order valence-corrected chi connectivity index (χ0v) is 16.3. The molecule has 0 atom stereocenters. The van der Waals surface area contributed by atoms with Gasteiger partial charge in [-0.1, -0.05) is 42.5 Å². The minimum absolute atomic E-state index is 0.579. The van der Waals surface area contributed by atoms with Crippen molar-refractivity contribution < 1.29 is 9.47 Å². The summed E-state index contributed by atoms with van der Waals surface area (Å²) < 4.78 is 11.2. The van der Waals surface area contributed by atoms with E-state index in [1.165, 1.54) is 5.56 Å². The van der Waals surface area contributed by atoms with Crippen molar-refractivity contribution >= 4 is 17.3 Å². The fraction of sp³-hybridized carbons (Fsp3) is 0.381. The van der Waals surface area contributed by atoms with E-state index in [0.717, 1.165) is 50.7 Å². The number of nitrogens with one attached hydrogen (secondary N) is 2. The summed E-state index contributed by atoms with van der Waals surface area (Å²) in [4.78, 5) is 2.38. The number of rotatable bonds is 8. The molecule has 1 aliphatic heterocycles. The number of hydrogen-bond donors (Lipinski definition) is 2. The normalized spacial score (nSPS) is 14.5. The largest absolute Gasteiger partial charge is 0.489 e. The molecular formula is C21H27N3O2S. The van der Waals surface area contributed by atoms with Gasteiger partial charge in [0.1, 0.15) is 12.4 Å². The third kappa shape index (κ3) is 7.17. The molecule has 2 aromatic carbocycles. The van der Waals surface area contributed by atoms with Crippen LogP contribution in [0.3, 0.4) is 0 Å². The van der Waals surface area contributed by atoms with Crippen LogP contribution in [-0.4, -0.2) is 49.4 Å². The van der Waals surface area contributed by atoms with Gasteiger partial charge in [-0.3, -0.25) is 4.90 Å². The first-order valence-corrected chi connectivity index (χ1v) is 9.78. The molecule has 1 fully saturated rings. The van der Waals surface area contributed by atoms with Gasteiger partial charge in [-0.2, -0.15) is 0 Å². The molecule has 3 rings (SSSR count). The Bertz CT molecular complexity index is 688. The lowest BCUT2D eigenvalue weighted by Crippen LogP contribution is -2.43. The molecule has 1 aliphatic rings. The highest BCUT2D eigenvalue weighted by atomic mass is 32.1. The van der Waals surface area contributed by atoms with Gasteiger partial charge in [-0.15, -0.1) is 0 Å². The zero-order chi connectivity index (χ0) is 18.7. The number of morpholine rings is 1. The molecule has 0 unspecified atom stereocenters. The third-order valence-electron chi connectivity index (χ3n) is 4.44. The van der Waals surface area contributed by atoms with Gasteiger partial charge >= 0.3 is 0 Å². The van der Waals surface area contributed by atoms with E-state index in [1.807, 2.05) is 30.3 Å². The highest BCUT2D eigenvalue weighted by Crippen LogP contribution is 2.14. The average molecular weight is 386 g/mol. The van der Waals surface area contributed by atoms with Crippen LogP contribution in [-0.2, 0) is 17.9 Å². The van der Waals surface area contributed by atoms with Crippen molar-refractivity contribution in [2.75, 3.05) is 39.4 Å². The number of ether oxygens (including phenoxy) is 2. The first kappa shape index (κ1) is 19.6. The summed E-state index contributed by atoms with van der Waals surface area (Å²) in [6.07, 6.45) is 0. The maximum Gasteiger partial charge on any atom is 0.166 e. The molecule has 27 heavy (non-hydrogen) atoms. The molecule has 0 amide bonds. The molecule has 0 bridgehead atoms. The Labute approximate surface area is 166 Å². The highest BCUT2D eigenvalue weighted by Gasteiger charge is 2.09. The lowest BCUT2D eigenvalue weighted by molar-refractivity contribution is 0.0389. The Morgan fingerprint density at radius 3 is 2.44 bits per heavy atom.